The van der Waals surface area contributed by atoms with Crippen molar-refractivity contribution >= 4 is 11.8 Å². The van der Waals surface area contributed by atoms with Crippen LogP contribution in [0.2, 0.25) is 0 Å². The molecule has 2 aliphatic rings. The summed E-state index contributed by atoms with van der Waals surface area (Å²) < 4.78 is 27.6. The van der Waals surface area contributed by atoms with E-state index in [1.165, 1.54) is 0 Å². The van der Waals surface area contributed by atoms with E-state index in [9.17, 15) is 9.59 Å². The lowest BCUT2D eigenvalue weighted by Gasteiger charge is -2.37. The van der Waals surface area contributed by atoms with Crippen LogP contribution in [0, 0.1) is 0 Å². The van der Waals surface area contributed by atoms with Crippen LogP contribution in [0.4, 0.5) is 0 Å². The molecule has 1 aliphatic carbocycles. The van der Waals surface area contributed by atoms with Crippen LogP contribution in [0.15, 0.2) is 58.9 Å². The van der Waals surface area contributed by atoms with Crippen molar-refractivity contribution in [3.63, 3.8) is 0 Å². The van der Waals surface area contributed by atoms with E-state index >= 15 is 0 Å². The van der Waals surface area contributed by atoms with Crippen molar-refractivity contribution in [3.05, 3.63) is 70.1 Å². The smallest absolute Gasteiger partial charge is 0.336 e. The summed E-state index contributed by atoms with van der Waals surface area (Å²) in [5.41, 5.74) is 4.24. The predicted octanol–water partition coefficient (Wildman–Crippen LogP) is 5.04. The first-order valence-corrected chi connectivity index (χ1v) is 12.8. The third-order valence-corrected chi connectivity index (χ3v) is 7.02. The molecule has 0 bridgehead atoms. The molecule has 0 saturated carbocycles. The minimum atomic E-state index is -0.589. The number of carbonyl (C=O) groups is 2. The van der Waals surface area contributed by atoms with Crippen LogP contribution in [0.1, 0.15) is 56.6 Å². The topological polar surface area (TPSA) is 92.3 Å². The molecule has 0 aromatic heterocycles. The first-order chi connectivity index (χ1) is 18.4. The summed E-state index contributed by atoms with van der Waals surface area (Å²) in [5, 5.41) is 3.37. The van der Waals surface area contributed by atoms with Gasteiger partial charge in [-0.15, -0.1) is 0 Å². The van der Waals surface area contributed by atoms with Crippen molar-refractivity contribution in [3.8, 4) is 23.0 Å². The van der Waals surface area contributed by atoms with Crippen molar-refractivity contribution in [2.75, 3.05) is 34.5 Å². The van der Waals surface area contributed by atoms with Gasteiger partial charge in [0.15, 0.2) is 28.8 Å². The molecule has 8 heteroatoms. The Balaban J connectivity index is 1.80. The Kier molecular flexibility index (Phi) is 8.29. The molecule has 0 amide bonds. The number of hydrogen-bond acceptors (Lipinski definition) is 8. The molecule has 1 heterocycles. The van der Waals surface area contributed by atoms with Crippen molar-refractivity contribution in [2.45, 2.75) is 45.4 Å². The highest BCUT2D eigenvalue weighted by atomic mass is 16.5. The molecule has 0 spiro atoms. The summed E-state index contributed by atoms with van der Waals surface area (Å²) in [5.74, 6) is 1.28. The van der Waals surface area contributed by atoms with Crippen LogP contribution in [-0.4, -0.2) is 46.3 Å². The lowest BCUT2D eigenvalue weighted by Crippen LogP contribution is -2.36. The van der Waals surface area contributed by atoms with Gasteiger partial charge in [0.05, 0.1) is 40.1 Å². The van der Waals surface area contributed by atoms with Gasteiger partial charge in [0.2, 0.25) is 0 Å². The minimum Gasteiger partial charge on any atom is -0.493 e. The highest BCUT2D eigenvalue weighted by molar-refractivity contribution is 6.04. The molecule has 0 unspecified atom stereocenters. The number of Topliss-reactive ketones (excluding diaryl/α,β-unsaturated/α-hetero) is 1. The second-order valence-electron chi connectivity index (χ2n) is 9.20. The van der Waals surface area contributed by atoms with Gasteiger partial charge in [-0.1, -0.05) is 12.1 Å². The number of benzene rings is 2. The first-order valence-electron chi connectivity index (χ1n) is 12.8. The van der Waals surface area contributed by atoms with Crippen molar-refractivity contribution in [1.29, 1.82) is 0 Å². The fraction of sp³-hybridized carbons (Fsp3) is 0.400. The Morgan fingerprint density at radius 3 is 2.16 bits per heavy atom. The fourth-order valence-corrected chi connectivity index (χ4v) is 5.33. The van der Waals surface area contributed by atoms with Crippen molar-refractivity contribution in [1.82, 2.24) is 5.32 Å². The Morgan fingerprint density at radius 1 is 0.868 bits per heavy atom. The summed E-state index contributed by atoms with van der Waals surface area (Å²) in [6, 6.07) is 11.3. The Hall–Kier alpha value is -3.94. The van der Waals surface area contributed by atoms with Crippen molar-refractivity contribution < 1.29 is 33.3 Å². The van der Waals surface area contributed by atoms with E-state index in [1.807, 2.05) is 50.2 Å². The first kappa shape index (κ1) is 27.1. The lowest BCUT2D eigenvalue weighted by molar-refractivity contribution is -0.138. The molecule has 202 valence electrons. The SMILES string of the molecule is CCOC(=O)C1=C(C)NC2=C(C(=O)C[C@H](c3ccc(OC)c(OC)c3)C2)[C@H]1c1ccc(OCC)c(OC)c1. The number of nitrogens with one attached hydrogen (secondary N) is 1. The summed E-state index contributed by atoms with van der Waals surface area (Å²) in [6.45, 7) is 6.23. The Morgan fingerprint density at radius 2 is 1.50 bits per heavy atom. The number of dihydropyridines is 1. The van der Waals surface area contributed by atoms with Gasteiger partial charge in [-0.25, -0.2) is 4.79 Å². The predicted molar refractivity (Wildman–Crippen MR) is 143 cm³/mol. The maximum absolute atomic E-state index is 13.8. The molecular formula is C30H35NO7. The number of ether oxygens (including phenoxy) is 5. The summed E-state index contributed by atoms with van der Waals surface area (Å²) in [4.78, 5) is 27.0. The Bertz CT molecular complexity index is 1290. The van der Waals surface area contributed by atoms with Crippen LogP contribution in [0.25, 0.3) is 0 Å². The molecule has 0 saturated heterocycles. The molecule has 2 aromatic carbocycles. The minimum absolute atomic E-state index is 0.0225. The quantitative estimate of drug-likeness (QED) is 0.459. The van der Waals surface area contributed by atoms with E-state index in [-0.39, 0.29) is 18.3 Å². The second kappa shape index (κ2) is 11.6. The summed E-state index contributed by atoms with van der Waals surface area (Å²) >= 11 is 0. The molecule has 2 aromatic rings. The molecule has 1 N–H and O–H groups in total. The maximum atomic E-state index is 13.8. The average Bonchev–Trinajstić information content (AvgIpc) is 2.92. The highest BCUT2D eigenvalue weighted by Crippen LogP contribution is 2.47. The summed E-state index contributed by atoms with van der Waals surface area (Å²) in [6.07, 6.45) is 0.907. The monoisotopic (exact) mass is 521 g/mol. The normalized spacial score (nSPS) is 18.9. The van der Waals surface area contributed by atoms with Gasteiger partial charge in [-0.2, -0.15) is 0 Å². The van der Waals surface area contributed by atoms with Gasteiger partial charge in [-0.3, -0.25) is 4.79 Å². The van der Waals surface area contributed by atoms with E-state index in [1.54, 1.807) is 28.3 Å². The third kappa shape index (κ3) is 5.08. The van der Waals surface area contributed by atoms with Gasteiger partial charge >= 0.3 is 5.97 Å². The van der Waals surface area contributed by atoms with E-state index < -0.39 is 11.9 Å². The Labute approximate surface area is 223 Å². The van der Waals surface area contributed by atoms with Gasteiger partial charge in [0, 0.05) is 29.3 Å². The summed E-state index contributed by atoms with van der Waals surface area (Å²) in [7, 11) is 4.76. The second-order valence-corrected chi connectivity index (χ2v) is 9.20. The molecule has 1 aliphatic heterocycles. The molecule has 8 nitrogen and oxygen atoms in total. The maximum Gasteiger partial charge on any atom is 0.336 e. The molecule has 0 fully saturated rings. The van der Waals surface area contributed by atoms with E-state index in [2.05, 4.69) is 5.32 Å². The zero-order valence-corrected chi connectivity index (χ0v) is 22.8. The third-order valence-electron chi connectivity index (χ3n) is 7.02. The molecular weight excluding hydrogens is 486 g/mol. The molecule has 0 radical (unpaired) electrons. The van der Waals surface area contributed by atoms with Crippen LogP contribution in [0.5, 0.6) is 23.0 Å². The van der Waals surface area contributed by atoms with Gasteiger partial charge < -0.3 is 29.0 Å². The van der Waals surface area contributed by atoms with Crippen LogP contribution in [-0.2, 0) is 14.3 Å². The molecule has 38 heavy (non-hydrogen) atoms. The fourth-order valence-electron chi connectivity index (χ4n) is 5.33. The molecule has 2 atom stereocenters. The van der Waals surface area contributed by atoms with E-state index in [0.717, 1.165) is 16.8 Å². The number of allylic oxidation sites excluding steroid dienone is 3. The van der Waals surface area contributed by atoms with Crippen LogP contribution in [0.3, 0.4) is 0 Å². The number of carbonyl (C=O) groups excluding carboxylic acids is 2. The van der Waals surface area contributed by atoms with Crippen LogP contribution < -0.4 is 24.3 Å². The largest absolute Gasteiger partial charge is 0.493 e. The molecule has 4 rings (SSSR count). The van der Waals surface area contributed by atoms with Crippen LogP contribution >= 0.6 is 0 Å². The van der Waals surface area contributed by atoms with E-state index in [0.29, 0.717) is 59.3 Å². The standard InChI is InChI=1S/C30H35NO7/c1-7-37-24-12-10-19(16-26(24)36-6)28-27(30(33)38-8-2)17(3)31-21-13-20(14-22(32)29(21)28)18-9-11-23(34-4)25(15-18)35-5/h9-12,15-16,20,28,31H,7-8,13-14H2,1-6H3/t20-,28+/m1/s1. The zero-order chi connectivity index (χ0) is 27.4. The number of rotatable bonds is 9. The van der Waals surface area contributed by atoms with Gasteiger partial charge in [0.1, 0.15) is 0 Å². The van der Waals surface area contributed by atoms with Gasteiger partial charge in [-0.05, 0) is 68.5 Å². The number of esters is 1. The zero-order valence-electron chi connectivity index (χ0n) is 22.8. The average molecular weight is 522 g/mol. The lowest BCUT2D eigenvalue weighted by atomic mass is 9.71. The number of ketones is 1. The van der Waals surface area contributed by atoms with Gasteiger partial charge in [0.25, 0.3) is 0 Å². The number of hydrogen-bond donors (Lipinski definition) is 1. The van der Waals surface area contributed by atoms with Crippen molar-refractivity contribution in [2.24, 2.45) is 0 Å². The van der Waals surface area contributed by atoms with E-state index in [4.69, 9.17) is 23.7 Å². The highest BCUT2D eigenvalue weighted by Gasteiger charge is 2.41. The number of methoxy groups -OCH3 is 3.